The highest BCUT2D eigenvalue weighted by Crippen LogP contribution is 2.70. The summed E-state index contributed by atoms with van der Waals surface area (Å²) in [5.41, 5.74) is -2.15. The predicted octanol–water partition coefficient (Wildman–Crippen LogP) is 1.59. The zero-order chi connectivity index (χ0) is 31.5. The van der Waals surface area contributed by atoms with Gasteiger partial charge in [-0.15, -0.1) is 0 Å². The molecule has 0 radical (unpaired) electrons. The van der Waals surface area contributed by atoms with Gasteiger partial charge in [0, 0.05) is 26.1 Å². The molecule has 10 heteroatoms. The van der Waals surface area contributed by atoms with Crippen molar-refractivity contribution in [3.05, 3.63) is 0 Å². The largest absolute Gasteiger partial charge is 0.396 e. The van der Waals surface area contributed by atoms with Gasteiger partial charge >= 0.3 is 0 Å². The zero-order valence-corrected chi connectivity index (χ0v) is 26.7. The Morgan fingerprint density at radius 3 is 2.28 bits per heavy atom. The minimum absolute atomic E-state index is 0.0486. The number of fused-ring (bicyclic) bond motifs is 5. The lowest BCUT2D eigenvalue weighted by molar-refractivity contribution is -0.303. The summed E-state index contributed by atoms with van der Waals surface area (Å²) in [5, 5.41) is 77.2. The highest BCUT2D eigenvalue weighted by molar-refractivity contribution is 5.21. The molecule has 5 aliphatic rings. The van der Waals surface area contributed by atoms with Gasteiger partial charge in [0.15, 0.2) is 6.29 Å². The number of hydrogen-bond acceptors (Lipinski definition) is 10. The first-order valence-corrected chi connectivity index (χ1v) is 16.8. The van der Waals surface area contributed by atoms with Crippen LogP contribution < -0.4 is 0 Å². The molecule has 0 spiro atoms. The number of ether oxygens (including phenoxy) is 3. The fourth-order valence-corrected chi connectivity index (χ4v) is 11.0. The SMILES string of the molecule is CO[C@H]1[C@H](O[C@H]2CC[C@@]3(C)[C@H](C2)[C@@H](O)C[C@]2(O)[C@@H]3CC[C@]3(C)[C@@H]([C@H](C)CCC[C@H](C)CO)[C@@H](O)[C@H](O)[C@H]32)OC[C@@H](O)[C@@H]1O. The molecule has 1 saturated heterocycles. The van der Waals surface area contributed by atoms with E-state index in [9.17, 15) is 35.7 Å². The van der Waals surface area contributed by atoms with Gasteiger partial charge in [-0.25, -0.2) is 0 Å². The number of methoxy groups -OCH3 is 1. The maximum Gasteiger partial charge on any atom is 0.186 e. The molecule has 5 fully saturated rings. The molecule has 1 heterocycles. The average molecular weight is 615 g/mol. The van der Waals surface area contributed by atoms with E-state index in [-0.39, 0.29) is 60.7 Å². The second-order valence-corrected chi connectivity index (χ2v) is 15.6. The summed E-state index contributed by atoms with van der Waals surface area (Å²) < 4.78 is 17.4. The van der Waals surface area contributed by atoms with Crippen LogP contribution in [-0.2, 0) is 14.2 Å². The molecule has 0 aromatic heterocycles. The third-order valence-corrected chi connectivity index (χ3v) is 13.1. The van der Waals surface area contributed by atoms with E-state index in [0.29, 0.717) is 19.3 Å². The molecule has 0 aromatic carbocycles. The number of aliphatic hydroxyl groups is 7. The highest BCUT2D eigenvalue weighted by Gasteiger charge is 2.72. The summed E-state index contributed by atoms with van der Waals surface area (Å²) in [4.78, 5) is 0. The third-order valence-electron chi connectivity index (χ3n) is 13.1. The number of hydrogen-bond donors (Lipinski definition) is 7. The van der Waals surface area contributed by atoms with Crippen molar-refractivity contribution in [1.29, 1.82) is 0 Å². The van der Waals surface area contributed by atoms with E-state index in [1.54, 1.807) is 0 Å². The maximum absolute atomic E-state index is 12.6. The second-order valence-electron chi connectivity index (χ2n) is 15.6. The molecular formula is C33H58O10. The Morgan fingerprint density at radius 1 is 0.907 bits per heavy atom. The van der Waals surface area contributed by atoms with E-state index in [0.717, 1.165) is 32.1 Å². The normalized spacial score (nSPS) is 53.0. The molecule has 43 heavy (non-hydrogen) atoms. The van der Waals surface area contributed by atoms with Gasteiger partial charge in [0.25, 0.3) is 0 Å². The van der Waals surface area contributed by atoms with Crippen LogP contribution in [0.25, 0.3) is 0 Å². The summed E-state index contributed by atoms with van der Waals surface area (Å²) in [5.74, 6) is -0.583. The van der Waals surface area contributed by atoms with E-state index in [1.807, 2.05) is 6.92 Å². The van der Waals surface area contributed by atoms with Crippen LogP contribution in [0, 0.1) is 46.3 Å². The molecule has 0 aromatic rings. The standard InChI is InChI=1S/C33H58O10/c1-17(15-34)7-6-8-18(2)24-26(38)27(39)29-32(24,4)12-10-23-31(3)11-9-19(13-20(31)21(35)14-33(23,29)40)43-30-28(41-5)25(37)22(36)16-42-30/h17-30,34-40H,6-16H2,1-5H3/t17-,18+,19-,20+,21-,22+,23+,24-,25-,26+,27-,28+,29+,30-,31-,32+,33-/m0/s1. The Morgan fingerprint density at radius 2 is 1.60 bits per heavy atom. The second kappa shape index (κ2) is 12.7. The van der Waals surface area contributed by atoms with Gasteiger partial charge in [0.05, 0.1) is 36.6 Å². The van der Waals surface area contributed by atoms with E-state index >= 15 is 0 Å². The van der Waals surface area contributed by atoms with Crippen LogP contribution in [0.15, 0.2) is 0 Å². The minimum atomic E-state index is -1.31. The monoisotopic (exact) mass is 614 g/mol. The smallest absolute Gasteiger partial charge is 0.186 e. The lowest BCUT2D eigenvalue weighted by Crippen LogP contribution is -2.69. The van der Waals surface area contributed by atoms with Gasteiger partial charge < -0.3 is 50.0 Å². The van der Waals surface area contributed by atoms with Crippen LogP contribution in [0.1, 0.15) is 85.5 Å². The first-order valence-electron chi connectivity index (χ1n) is 16.8. The van der Waals surface area contributed by atoms with Gasteiger partial charge in [-0.1, -0.05) is 40.5 Å². The van der Waals surface area contributed by atoms with Crippen LogP contribution in [0.5, 0.6) is 0 Å². The molecule has 0 unspecified atom stereocenters. The Labute approximate surface area is 256 Å². The summed E-state index contributed by atoms with van der Waals surface area (Å²) in [6.45, 7) is 8.60. The van der Waals surface area contributed by atoms with Gasteiger partial charge in [-0.2, -0.15) is 0 Å². The first kappa shape index (κ1) is 33.9. The zero-order valence-electron chi connectivity index (χ0n) is 26.7. The predicted molar refractivity (Wildman–Crippen MR) is 158 cm³/mol. The van der Waals surface area contributed by atoms with Crippen LogP contribution in [0.3, 0.4) is 0 Å². The van der Waals surface area contributed by atoms with Crippen molar-refractivity contribution in [2.24, 2.45) is 46.3 Å². The maximum atomic E-state index is 12.6. The Kier molecular flexibility index (Phi) is 9.99. The summed E-state index contributed by atoms with van der Waals surface area (Å²) >= 11 is 0. The van der Waals surface area contributed by atoms with Crippen LogP contribution >= 0.6 is 0 Å². The van der Waals surface area contributed by atoms with Crippen LogP contribution in [0.4, 0.5) is 0 Å². The molecule has 17 atom stereocenters. The molecule has 5 rings (SSSR count). The van der Waals surface area contributed by atoms with Crippen LogP contribution in [-0.4, -0.2) is 111 Å². The molecule has 0 amide bonds. The lowest BCUT2D eigenvalue weighted by atomic mass is 9.42. The Hall–Kier alpha value is -0.400. The average Bonchev–Trinajstić information content (AvgIpc) is 3.16. The number of aliphatic hydroxyl groups excluding tert-OH is 6. The molecule has 4 aliphatic carbocycles. The lowest BCUT2D eigenvalue weighted by Gasteiger charge is -2.66. The summed E-state index contributed by atoms with van der Waals surface area (Å²) in [6.07, 6.45) is -0.449. The van der Waals surface area contributed by atoms with Crippen molar-refractivity contribution in [3.8, 4) is 0 Å². The molecule has 10 nitrogen and oxygen atoms in total. The third kappa shape index (κ3) is 5.63. The van der Waals surface area contributed by atoms with Gasteiger partial charge in [0.1, 0.15) is 18.3 Å². The van der Waals surface area contributed by atoms with Gasteiger partial charge in [-0.05, 0) is 78.9 Å². The topological polar surface area (TPSA) is 169 Å². The van der Waals surface area contributed by atoms with Gasteiger partial charge in [-0.3, -0.25) is 0 Å². The van der Waals surface area contributed by atoms with E-state index in [4.69, 9.17) is 14.2 Å². The van der Waals surface area contributed by atoms with E-state index < -0.39 is 59.8 Å². The fraction of sp³-hybridized carbons (Fsp3) is 1.00. The van der Waals surface area contributed by atoms with Crippen molar-refractivity contribution >= 4 is 0 Å². The summed E-state index contributed by atoms with van der Waals surface area (Å²) in [7, 11) is 1.45. The first-order chi connectivity index (χ1) is 20.2. The van der Waals surface area contributed by atoms with Gasteiger partial charge in [0.2, 0.25) is 0 Å². The minimum Gasteiger partial charge on any atom is -0.396 e. The van der Waals surface area contributed by atoms with Crippen molar-refractivity contribution in [2.45, 2.75) is 140 Å². The molecule has 4 saturated carbocycles. The van der Waals surface area contributed by atoms with Crippen molar-refractivity contribution in [3.63, 3.8) is 0 Å². The van der Waals surface area contributed by atoms with Crippen molar-refractivity contribution in [1.82, 2.24) is 0 Å². The quantitative estimate of drug-likeness (QED) is 0.189. The van der Waals surface area contributed by atoms with E-state index in [1.165, 1.54) is 7.11 Å². The molecule has 7 N–H and O–H groups in total. The molecular weight excluding hydrogens is 556 g/mol. The highest BCUT2D eigenvalue weighted by atomic mass is 16.7. The molecule has 250 valence electrons. The van der Waals surface area contributed by atoms with Crippen molar-refractivity contribution < 1.29 is 50.0 Å². The number of rotatable bonds is 9. The summed E-state index contributed by atoms with van der Waals surface area (Å²) in [6, 6.07) is 0. The van der Waals surface area contributed by atoms with E-state index in [2.05, 4.69) is 20.8 Å². The van der Waals surface area contributed by atoms with Crippen LogP contribution in [0.2, 0.25) is 0 Å². The Bertz CT molecular complexity index is 953. The fourth-order valence-electron chi connectivity index (χ4n) is 11.0. The van der Waals surface area contributed by atoms with Crippen molar-refractivity contribution in [2.75, 3.05) is 20.3 Å². The molecule has 0 bridgehead atoms. The molecule has 1 aliphatic heterocycles. The Balaban J connectivity index is 1.32.